The van der Waals surface area contributed by atoms with Crippen molar-refractivity contribution in [2.24, 2.45) is 50.2 Å². The first-order valence-corrected chi connectivity index (χ1v) is 13.2. The monoisotopic (exact) mass is 408 g/mol. The first-order chi connectivity index (χ1) is 13.8. The summed E-state index contributed by atoms with van der Waals surface area (Å²) in [5.41, 5.74) is 4.68. The molecular formula is C30H48. The molecule has 0 aromatic rings. The van der Waals surface area contributed by atoms with Crippen LogP contribution >= 0.6 is 0 Å². The predicted molar refractivity (Wildman–Crippen MR) is 129 cm³/mol. The number of hydrogen-bond acceptors (Lipinski definition) is 0. The van der Waals surface area contributed by atoms with E-state index in [1.807, 2.05) is 5.57 Å². The second-order valence-electron chi connectivity index (χ2n) is 14.8. The molecule has 0 spiro atoms. The molecule has 0 aromatic carbocycles. The highest BCUT2D eigenvalue weighted by Gasteiger charge is 2.66. The Hall–Kier alpha value is -0.520. The molecule has 5 aliphatic carbocycles. The Morgan fingerprint density at radius 1 is 0.800 bits per heavy atom. The molecule has 0 N–H and O–H groups in total. The summed E-state index contributed by atoms with van der Waals surface area (Å²) in [6.07, 6.45) is 20.6. The van der Waals surface area contributed by atoms with E-state index < -0.39 is 0 Å². The van der Waals surface area contributed by atoms with Gasteiger partial charge in [-0.2, -0.15) is 0 Å². The Balaban J connectivity index is 1.59. The lowest BCUT2D eigenvalue weighted by Gasteiger charge is -2.70. The fourth-order valence-electron chi connectivity index (χ4n) is 10.1. The van der Waals surface area contributed by atoms with Crippen LogP contribution in [0.5, 0.6) is 0 Å². The molecular weight excluding hydrogens is 360 g/mol. The Kier molecular flexibility index (Phi) is 4.32. The molecule has 0 nitrogen and oxygen atoms in total. The van der Waals surface area contributed by atoms with Crippen molar-refractivity contribution >= 4 is 0 Å². The maximum absolute atomic E-state index is 2.83. The maximum Gasteiger partial charge on any atom is -0.00565 e. The van der Waals surface area contributed by atoms with Crippen LogP contribution in [0.3, 0.4) is 0 Å². The van der Waals surface area contributed by atoms with E-state index in [-0.39, 0.29) is 0 Å². The van der Waals surface area contributed by atoms with E-state index >= 15 is 0 Å². The Labute approximate surface area is 187 Å². The first kappa shape index (κ1) is 21.3. The molecule has 3 fully saturated rings. The smallest absolute Gasteiger partial charge is 0.00565 e. The van der Waals surface area contributed by atoms with E-state index in [9.17, 15) is 0 Å². The molecule has 0 unspecified atom stereocenters. The van der Waals surface area contributed by atoms with Crippen LogP contribution in [0.25, 0.3) is 0 Å². The Morgan fingerprint density at radius 2 is 1.50 bits per heavy atom. The summed E-state index contributed by atoms with van der Waals surface area (Å²) in [6, 6.07) is 0. The third kappa shape index (κ3) is 2.58. The number of fused-ring (bicyclic) bond motifs is 7. The van der Waals surface area contributed by atoms with Crippen molar-refractivity contribution < 1.29 is 0 Å². The van der Waals surface area contributed by atoms with Crippen molar-refractivity contribution in [3.05, 3.63) is 23.8 Å². The zero-order valence-corrected chi connectivity index (χ0v) is 21.3. The molecule has 30 heavy (non-hydrogen) atoms. The molecule has 7 atom stereocenters. The van der Waals surface area contributed by atoms with Gasteiger partial charge in [-0.25, -0.2) is 0 Å². The topological polar surface area (TPSA) is 0 Å². The van der Waals surface area contributed by atoms with Crippen LogP contribution in [0.1, 0.15) is 113 Å². The molecule has 0 bridgehead atoms. The molecule has 0 aromatic heterocycles. The molecule has 0 heterocycles. The lowest BCUT2D eigenvalue weighted by molar-refractivity contribution is -0.160. The summed E-state index contributed by atoms with van der Waals surface area (Å²) in [5.74, 6) is 2.50. The van der Waals surface area contributed by atoms with Crippen LogP contribution in [0.4, 0.5) is 0 Å². The van der Waals surface area contributed by atoms with Crippen LogP contribution in [0.15, 0.2) is 23.8 Å². The first-order valence-electron chi connectivity index (χ1n) is 13.2. The standard InChI is InChI=1S/C30H48/c1-25(2)16-17-27(5)18-19-29(7)21(22(27)20-25)10-11-24-28(6)14-9-13-26(3,4)23(28)12-15-30(24,29)8/h9-10,13,22-24H,11-12,14-20H2,1-8H3/t22-,23+,24+,27+,28+,29-,30+/m1/s1. The molecule has 0 aliphatic heterocycles. The average Bonchev–Trinajstić information content (AvgIpc) is 2.63. The summed E-state index contributed by atoms with van der Waals surface area (Å²) in [5, 5.41) is 0. The van der Waals surface area contributed by atoms with Gasteiger partial charge in [0.25, 0.3) is 0 Å². The van der Waals surface area contributed by atoms with E-state index in [0.29, 0.717) is 32.5 Å². The quantitative estimate of drug-likeness (QED) is 0.351. The van der Waals surface area contributed by atoms with Crippen LogP contribution in [-0.2, 0) is 0 Å². The van der Waals surface area contributed by atoms with Gasteiger partial charge in [0, 0.05) is 0 Å². The zero-order chi connectivity index (χ0) is 21.8. The van der Waals surface area contributed by atoms with Gasteiger partial charge in [-0.1, -0.05) is 79.2 Å². The molecule has 5 rings (SSSR count). The van der Waals surface area contributed by atoms with Gasteiger partial charge in [0.05, 0.1) is 0 Å². The van der Waals surface area contributed by atoms with E-state index in [2.05, 4.69) is 73.6 Å². The van der Waals surface area contributed by atoms with E-state index in [1.165, 1.54) is 57.8 Å². The van der Waals surface area contributed by atoms with Gasteiger partial charge in [-0.05, 0) is 108 Å². The largest absolute Gasteiger partial charge is 0.0874 e. The van der Waals surface area contributed by atoms with E-state index in [4.69, 9.17) is 0 Å². The third-order valence-corrected chi connectivity index (χ3v) is 12.3. The lowest BCUT2D eigenvalue weighted by atomic mass is 9.34. The molecule has 0 radical (unpaired) electrons. The van der Waals surface area contributed by atoms with Gasteiger partial charge >= 0.3 is 0 Å². The van der Waals surface area contributed by atoms with Gasteiger partial charge < -0.3 is 0 Å². The molecule has 5 aliphatic rings. The highest BCUT2D eigenvalue weighted by molar-refractivity contribution is 5.34. The summed E-state index contributed by atoms with van der Waals surface area (Å²) >= 11 is 0. The van der Waals surface area contributed by atoms with Gasteiger partial charge in [-0.15, -0.1) is 0 Å². The minimum atomic E-state index is 0.359. The third-order valence-electron chi connectivity index (χ3n) is 12.3. The van der Waals surface area contributed by atoms with Crippen LogP contribution < -0.4 is 0 Å². The molecule has 168 valence electrons. The number of allylic oxidation sites excluding steroid dienone is 4. The highest BCUT2D eigenvalue weighted by atomic mass is 14.7. The highest BCUT2D eigenvalue weighted by Crippen LogP contribution is 2.75. The Bertz CT molecular complexity index is 795. The second-order valence-corrected chi connectivity index (χ2v) is 14.8. The molecule has 0 amide bonds. The SMILES string of the molecule is CC1(C)CC[C@@]2(C)CC[C@]3(C)C(=CC[C@H]4[C@@]5(C)CC=CC(C)(C)[C@@H]5CC[C@@]43C)[C@H]2C1. The van der Waals surface area contributed by atoms with Crippen molar-refractivity contribution in [1.82, 2.24) is 0 Å². The summed E-state index contributed by atoms with van der Waals surface area (Å²) in [7, 11) is 0. The molecule has 3 saturated carbocycles. The maximum atomic E-state index is 2.83. The van der Waals surface area contributed by atoms with Crippen LogP contribution in [0, 0.1) is 50.2 Å². The van der Waals surface area contributed by atoms with Crippen molar-refractivity contribution in [3.63, 3.8) is 0 Å². The Morgan fingerprint density at radius 3 is 2.23 bits per heavy atom. The van der Waals surface area contributed by atoms with Crippen LogP contribution in [0.2, 0.25) is 0 Å². The summed E-state index contributed by atoms with van der Waals surface area (Å²) in [4.78, 5) is 0. The van der Waals surface area contributed by atoms with Gasteiger partial charge in [-0.3, -0.25) is 0 Å². The normalized spacial score (nSPS) is 53.6. The van der Waals surface area contributed by atoms with Gasteiger partial charge in [0.1, 0.15) is 0 Å². The van der Waals surface area contributed by atoms with Crippen molar-refractivity contribution in [2.75, 3.05) is 0 Å². The average molecular weight is 409 g/mol. The van der Waals surface area contributed by atoms with Gasteiger partial charge in [0.15, 0.2) is 0 Å². The second kappa shape index (κ2) is 6.08. The lowest BCUT2D eigenvalue weighted by Crippen LogP contribution is -2.62. The van der Waals surface area contributed by atoms with Crippen molar-refractivity contribution in [2.45, 2.75) is 113 Å². The van der Waals surface area contributed by atoms with Crippen molar-refractivity contribution in [1.29, 1.82) is 0 Å². The minimum Gasteiger partial charge on any atom is -0.0874 e. The van der Waals surface area contributed by atoms with E-state index in [1.54, 1.807) is 0 Å². The van der Waals surface area contributed by atoms with E-state index in [0.717, 1.165) is 17.8 Å². The fourth-order valence-corrected chi connectivity index (χ4v) is 10.1. The predicted octanol–water partition coefficient (Wildman–Crippen LogP) is 8.97. The summed E-state index contributed by atoms with van der Waals surface area (Å²) < 4.78 is 0. The fraction of sp³-hybridized carbons (Fsp3) is 0.867. The zero-order valence-electron chi connectivity index (χ0n) is 21.3. The van der Waals surface area contributed by atoms with Crippen LogP contribution in [-0.4, -0.2) is 0 Å². The number of hydrogen-bond donors (Lipinski definition) is 0. The molecule has 0 heteroatoms. The molecule has 0 saturated heterocycles. The van der Waals surface area contributed by atoms with Gasteiger partial charge in [0.2, 0.25) is 0 Å². The minimum absolute atomic E-state index is 0.359. The number of rotatable bonds is 0. The summed E-state index contributed by atoms with van der Waals surface area (Å²) in [6.45, 7) is 20.9. The van der Waals surface area contributed by atoms with Crippen molar-refractivity contribution in [3.8, 4) is 0 Å².